The molecule has 1 aliphatic rings. The van der Waals surface area contributed by atoms with Crippen molar-refractivity contribution >= 4 is 28.9 Å². The second-order valence-corrected chi connectivity index (χ2v) is 9.36. The third-order valence-electron chi connectivity index (χ3n) is 6.55. The number of carbonyl (C=O) groups is 1. The Balaban J connectivity index is 1.55. The number of hydrogen-bond acceptors (Lipinski definition) is 4. The van der Waals surface area contributed by atoms with Gasteiger partial charge in [0.2, 0.25) is 5.91 Å². The topological polar surface area (TPSA) is 75.1 Å². The lowest BCUT2D eigenvalue weighted by atomic mass is 9.96. The number of carbonyl (C=O) groups excluding carboxylic acids is 1. The van der Waals surface area contributed by atoms with Gasteiger partial charge in [-0.05, 0) is 80.5 Å². The molecule has 5 rings (SSSR count). The summed E-state index contributed by atoms with van der Waals surface area (Å²) in [6.45, 7) is 6.34. The summed E-state index contributed by atoms with van der Waals surface area (Å²) in [5.41, 5.74) is 5.91. The van der Waals surface area contributed by atoms with Gasteiger partial charge in [0.15, 0.2) is 5.11 Å². The summed E-state index contributed by atoms with van der Waals surface area (Å²) < 4.78 is 2.17. The Morgan fingerprint density at radius 3 is 2.47 bits per heavy atom. The monoisotopic (exact) mass is 496 g/mol. The lowest BCUT2D eigenvalue weighted by Crippen LogP contribution is -2.37. The highest BCUT2D eigenvalue weighted by molar-refractivity contribution is 7.80. The number of aryl methyl sites for hydroxylation is 2. The molecule has 1 aromatic carbocycles. The molecule has 1 amide bonds. The molecule has 2 N–H and O–H groups in total. The fourth-order valence-electron chi connectivity index (χ4n) is 4.92. The first-order valence-electron chi connectivity index (χ1n) is 11.9. The Bertz CT molecular complexity index is 1400. The van der Waals surface area contributed by atoms with E-state index < -0.39 is 0 Å². The number of para-hydroxylation sites is 1. The first-order chi connectivity index (χ1) is 17.4. The standard InChI is InChI=1S/C28H28N6OS/c1-18-10-9-15-30-27(18)34-19(2)16-22(20(34)3)26-25(23-13-7-8-14-29-23)32-28(36)33(26)17-24(35)31-21-11-5-4-6-12-21/h4-16,25-26H,17H2,1-3H3,(H,31,35)(H,32,36)/t25-,26+/m0/s1. The fraction of sp³-hybridized carbons (Fsp3) is 0.214. The van der Waals surface area contributed by atoms with Crippen molar-refractivity contribution in [2.24, 2.45) is 0 Å². The van der Waals surface area contributed by atoms with Gasteiger partial charge < -0.3 is 20.1 Å². The molecule has 0 radical (unpaired) electrons. The van der Waals surface area contributed by atoms with E-state index in [0.29, 0.717) is 5.11 Å². The molecular weight excluding hydrogens is 468 g/mol. The predicted octanol–water partition coefficient (Wildman–Crippen LogP) is 4.80. The van der Waals surface area contributed by atoms with Gasteiger partial charge >= 0.3 is 0 Å². The molecular formula is C28H28N6OS. The summed E-state index contributed by atoms with van der Waals surface area (Å²) in [5, 5.41) is 6.94. The number of nitrogens with one attached hydrogen (secondary N) is 2. The van der Waals surface area contributed by atoms with Crippen LogP contribution in [0.5, 0.6) is 0 Å². The summed E-state index contributed by atoms with van der Waals surface area (Å²) in [7, 11) is 0. The minimum Gasteiger partial charge on any atom is -0.352 e. The summed E-state index contributed by atoms with van der Waals surface area (Å²) in [6.07, 6.45) is 3.59. The van der Waals surface area contributed by atoms with Crippen molar-refractivity contribution in [3.8, 4) is 5.82 Å². The van der Waals surface area contributed by atoms with Gasteiger partial charge in [0.25, 0.3) is 0 Å². The predicted molar refractivity (Wildman–Crippen MR) is 145 cm³/mol. The number of benzene rings is 1. The van der Waals surface area contributed by atoms with E-state index in [0.717, 1.165) is 39.7 Å². The maximum absolute atomic E-state index is 13.1. The van der Waals surface area contributed by atoms with Gasteiger partial charge in [-0.3, -0.25) is 9.78 Å². The van der Waals surface area contributed by atoms with Gasteiger partial charge in [0.1, 0.15) is 12.4 Å². The highest BCUT2D eigenvalue weighted by Crippen LogP contribution is 2.41. The summed E-state index contributed by atoms with van der Waals surface area (Å²) >= 11 is 5.76. The third-order valence-corrected chi connectivity index (χ3v) is 6.90. The summed E-state index contributed by atoms with van der Waals surface area (Å²) in [5.74, 6) is 0.765. The van der Waals surface area contributed by atoms with Gasteiger partial charge in [-0.25, -0.2) is 4.98 Å². The molecule has 182 valence electrons. The highest BCUT2D eigenvalue weighted by atomic mass is 32.1. The van der Waals surface area contributed by atoms with E-state index in [-0.39, 0.29) is 24.5 Å². The minimum absolute atomic E-state index is 0.112. The molecule has 4 heterocycles. The van der Waals surface area contributed by atoms with Crippen LogP contribution in [0.2, 0.25) is 0 Å². The molecule has 3 aromatic heterocycles. The van der Waals surface area contributed by atoms with Crippen LogP contribution in [0.3, 0.4) is 0 Å². The largest absolute Gasteiger partial charge is 0.352 e. The number of anilines is 1. The molecule has 1 aliphatic heterocycles. The quantitative estimate of drug-likeness (QED) is 0.374. The van der Waals surface area contributed by atoms with Crippen LogP contribution in [0.1, 0.15) is 40.3 Å². The van der Waals surface area contributed by atoms with E-state index in [1.807, 2.05) is 65.7 Å². The Hall–Kier alpha value is -4.04. The van der Waals surface area contributed by atoms with Gasteiger partial charge in [0.05, 0.1) is 17.8 Å². The molecule has 0 saturated carbocycles. The first kappa shape index (κ1) is 23.7. The molecule has 0 aliphatic carbocycles. The van der Waals surface area contributed by atoms with Crippen LogP contribution < -0.4 is 10.6 Å². The molecule has 8 heteroatoms. The van der Waals surface area contributed by atoms with Crippen LogP contribution >= 0.6 is 12.2 Å². The van der Waals surface area contributed by atoms with Crippen LogP contribution in [0.15, 0.2) is 79.1 Å². The zero-order valence-corrected chi connectivity index (χ0v) is 21.3. The Labute approximate surface area is 216 Å². The maximum Gasteiger partial charge on any atom is 0.244 e. The summed E-state index contributed by atoms with van der Waals surface area (Å²) in [4.78, 5) is 24.3. The molecule has 0 spiro atoms. The van der Waals surface area contributed by atoms with E-state index in [1.54, 1.807) is 6.20 Å². The van der Waals surface area contributed by atoms with Gasteiger partial charge in [-0.15, -0.1) is 0 Å². The zero-order valence-electron chi connectivity index (χ0n) is 20.5. The first-order valence-corrected chi connectivity index (χ1v) is 12.3. The summed E-state index contributed by atoms with van der Waals surface area (Å²) in [6, 6.07) is 21.0. The number of rotatable bonds is 6. The van der Waals surface area contributed by atoms with Crippen molar-refractivity contribution in [1.29, 1.82) is 0 Å². The molecule has 36 heavy (non-hydrogen) atoms. The second-order valence-electron chi connectivity index (χ2n) is 8.97. The number of nitrogens with zero attached hydrogens (tertiary/aromatic N) is 4. The van der Waals surface area contributed by atoms with E-state index in [9.17, 15) is 4.79 Å². The van der Waals surface area contributed by atoms with Gasteiger partial charge in [-0.2, -0.15) is 0 Å². The van der Waals surface area contributed by atoms with E-state index in [1.165, 1.54) is 0 Å². The van der Waals surface area contributed by atoms with Gasteiger partial charge in [0, 0.05) is 29.5 Å². The van der Waals surface area contributed by atoms with Crippen LogP contribution in [0, 0.1) is 20.8 Å². The lowest BCUT2D eigenvalue weighted by molar-refractivity contribution is -0.116. The molecule has 0 unspecified atom stereocenters. The van der Waals surface area contributed by atoms with Crippen LogP contribution in [0.4, 0.5) is 5.69 Å². The van der Waals surface area contributed by atoms with Crippen molar-refractivity contribution < 1.29 is 4.79 Å². The van der Waals surface area contributed by atoms with Crippen LogP contribution in [-0.2, 0) is 4.79 Å². The van der Waals surface area contributed by atoms with E-state index in [2.05, 4.69) is 58.1 Å². The van der Waals surface area contributed by atoms with Crippen LogP contribution in [-0.4, -0.2) is 37.0 Å². The number of amides is 1. The normalized spacial score (nSPS) is 17.2. The van der Waals surface area contributed by atoms with Crippen LogP contribution in [0.25, 0.3) is 5.82 Å². The third kappa shape index (κ3) is 4.47. The lowest BCUT2D eigenvalue weighted by Gasteiger charge is -2.27. The van der Waals surface area contributed by atoms with Crippen molar-refractivity contribution in [1.82, 2.24) is 24.8 Å². The SMILES string of the molecule is Cc1cccnc1-n1c(C)cc([C@@H]2[C@H](c3ccccn3)NC(=S)N2CC(=O)Nc2ccccc2)c1C. The molecule has 1 fully saturated rings. The van der Waals surface area contributed by atoms with Crippen molar-refractivity contribution in [3.63, 3.8) is 0 Å². The Morgan fingerprint density at radius 2 is 1.75 bits per heavy atom. The smallest absolute Gasteiger partial charge is 0.244 e. The Kier molecular flexibility index (Phi) is 6.52. The number of pyridine rings is 2. The average Bonchev–Trinajstić information content (AvgIpc) is 3.35. The molecule has 1 saturated heterocycles. The highest BCUT2D eigenvalue weighted by Gasteiger charge is 2.42. The molecule has 4 aromatic rings. The number of hydrogen-bond donors (Lipinski definition) is 2. The van der Waals surface area contributed by atoms with E-state index in [4.69, 9.17) is 12.2 Å². The van der Waals surface area contributed by atoms with Crippen molar-refractivity contribution in [3.05, 3.63) is 107 Å². The average molecular weight is 497 g/mol. The van der Waals surface area contributed by atoms with Crippen molar-refractivity contribution in [2.75, 3.05) is 11.9 Å². The van der Waals surface area contributed by atoms with Crippen molar-refractivity contribution in [2.45, 2.75) is 32.9 Å². The maximum atomic E-state index is 13.1. The Morgan fingerprint density at radius 1 is 1.00 bits per heavy atom. The van der Waals surface area contributed by atoms with Gasteiger partial charge in [-0.1, -0.05) is 30.3 Å². The second kappa shape index (κ2) is 9.91. The number of thiocarbonyl (C=S) groups is 1. The molecule has 0 bridgehead atoms. The zero-order chi connectivity index (χ0) is 25.2. The fourth-order valence-corrected chi connectivity index (χ4v) is 5.22. The molecule has 2 atom stereocenters. The molecule has 7 nitrogen and oxygen atoms in total. The van der Waals surface area contributed by atoms with E-state index >= 15 is 0 Å². The minimum atomic E-state index is -0.224. The number of aromatic nitrogens is 3.